The fourth-order valence-corrected chi connectivity index (χ4v) is 6.98. The van der Waals surface area contributed by atoms with E-state index in [9.17, 15) is 5.26 Å². The highest BCUT2D eigenvalue weighted by molar-refractivity contribution is 7.11. The average molecular weight is 484 g/mol. The van der Waals surface area contributed by atoms with Crippen LogP contribution in [0.1, 0.15) is 41.9 Å². The van der Waals surface area contributed by atoms with E-state index in [0.717, 1.165) is 18.5 Å². The number of hydrogen-bond donors (Lipinski definition) is 0. The molecule has 0 radical (unpaired) electrons. The monoisotopic (exact) mass is 484 g/mol. The van der Waals surface area contributed by atoms with Crippen molar-refractivity contribution in [3.05, 3.63) is 44.8 Å². The van der Waals surface area contributed by atoms with Gasteiger partial charge in [0.15, 0.2) is 0 Å². The minimum absolute atomic E-state index is 0. The molecule has 3 atom stereocenters. The molecule has 2 aliphatic rings. The number of quaternary nitrogens is 1. The van der Waals surface area contributed by atoms with Crippen LogP contribution in [-0.2, 0) is 5.41 Å². The number of rotatable bonds is 4. The second kappa shape index (κ2) is 7.30. The van der Waals surface area contributed by atoms with Crippen molar-refractivity contribution in [2.75, 3.05) is 14.1 Å². The Balaban J connectivity index is 0.00000182. The summed E-state index contributed by atoms with van der Waals surface area (Å²) in [4.78, 5) is 2.44. The molecule has 0 aromatic carbocycles. The van der Waals surface area contributed by atoms with E-state index in [4.69, 9.17) is 0 Å². The fraction of sp³-hybridized carbons (Fsp3) is 0.550. The number of thiophene rings is 2. The lowest BCUT2D eigenvalue weighted by Crippen LogP contribution is -3.00. The molecule has 2 aromatic rings. The zero-order chi connectivity index (χ0) is 16.8. The van der Waals surface area contributed by atoms with Gasteiger partial charge in [-0.15, -0.1) is 22.7 Å². The molecule has 2 nitrogen and oxygen atoms in total. The van der Waals surface area contributed by atoms with Crippen LogP contribution in [0.4, 0.5) is 0 Å². The van der Waals surface area contributed by atoms with Gasteiger partial charge in [-0.2, -0.15) is 5.26 Å². The molecule has 4 rings (SSSR count). The first-order valence-corrected chi connectivity index (χ1v) is 10.6. The zero-order valence-corrected chi connectivity index (χ0v) is 18.6. The summed E-state index contributed by atoms with van der Waals surface area (Å²) in [5, 5.41) is 14.5. The van der Waals surface area contributed by atoms with Gasteiger partial charge in [-0.1, -0.05) is 12.1 Å². The molecule has 2 aliphatic heterocycles. The Labute approximate surface area is 176 Å². The highest BCUT2D eigenvalue weighted by Crippen LogP contribution is 2.49. The van der Waals surface area contributed by atoms with Crippen molar-refractivity contribution in [2.24, 2.45) is 5.92 Å². The smallest absolute Gasteiger partial charge is 0.126 e. The molecular formula is C20H25IN2S2. The number of nitrogens with zero attached hydrogens (tertiary/aromatic N) is 2. The minimum Gasteiger partial charge on any atom is -1.00 e. The highest BCUT2D eigenvalue weighted by Gasteiger charge is 2.51. The summed E-state index contributed by atoms with van der Waals surface area (Å²) >= 11 is 3.48. The van der Waals surface area contributed by atoms with Crippen LogP contribution in [0.25, 0.3) is 0 Å². The summed E-state index contributed by atoms with van der Waals surface area (Å²) < 4.78 is 1.20. The highest BCUT2D eigenvalue weighted by atomic mass is 127. The van der Waals surface area contributed by atoms with Crippen LogP contribution in [0.15, 0.2) is 35.0 Å². The van der Waals surface area contributed by atoms with Crippen LogP contribution in [0.2, 0.25) is 0 Å². The molecule has 2 saturated heterocycles. The molecule has 1 unspecified atom stereocenters. The number of hydrogen-bond acceptors (Lipinski definition) is 3. The van der Waals surface area contributed by atoms with E-state index in [1.54, 1.807) is 22.7 Å². The van der Waals surface area contributed by atoms with Crippen molar-refractivity contribution in [2.45, 2.75) is 49.6 Å². The lowest BCUT2D eigenvalue weighted by Gasteiger charge is -2.45. The Kier molecular flexibility index (Phi) is 5.65. The second-order valence-electron chi connectivity index (χ2n) is 8.03. The zero-order valence-electron chi connectivity index (χ0n) is 14.8. The second-order valence-corrected chi connectivity index (χ2v) is 9.92. The molecule has 0 aliphatic carbocycles. The van der Waals surface area contributed by atoms with Crippen molar-refractivity contribution in [1.82, 2.24) is 0 Å². The maximum atomic E-state index is 10.3. The summed E-state index contributed by atoms with van der Waals surface area (Å²) in [7, 11) is 4.82. The van der Waals surface area contributed by atoms with Crippen molar-refractivity contribution < 1.29 is 28.5 Å². The van der Waals surface area contributed by atoms with Crippen LogP contribution < -0.4 is 24.0 Å². The fourth-order valence-electron chi connectivity index (χ4n) is 5.11. The Bertz CT molecular complexity index is 680. The summed E-state index contributed by atoms with van der Waals surface area (Å²) in [5.41, 5.74) is -0.444. The third-order valence-corrected chi connectivity index (χ3v) is 8.66. The van der Waals surface area contributed by atoms with E-state index in [-0.39, 0.29) is 24.0 Å². The molecule has 0 N–H and O–H groups in total. The van der Waals surface area contributed by atoms with Gasteiger partial charge < -0.3 is 28.5 Å². The average Bonchev–Trinajstić information content (AvgIpc) is 3.28. The molecule has 2 bridgehead atoms. The predicted molar refractivity (Wildman–Crippen MR) is 101 cm³/mol. The first-order valence-electron chi connectivity index (χ1n) is 8.89. The first-order chi connectivity index (χ1) is 11.6. The Morgan fingerprint density at radius 2 is 1.60 bits per heavy atom. The Morgan fingerprint density at radius 3 is 2.00 bits per heavy atom. The van der Waals surface area contributed by atoms with Crippen LogP contribution >= 0.6 is 22.7 Å². The summed E-state index contributed by atoms with van der Waals surface area (Å²) in [5.74, 6) is 0.664. The first kappa shape index (κ1) is 19.3. The van der Waals surface area contributed by atoms with E-state index in [1.165, 1.54) is 39.9 Å². The summed E-state index contributed by atoms with van der Waals surface area (Å²) in [6.45, 7) is 0. The van der Waals surface area contributed by atoms with Crippen molar-refractivity contribution in [3.63, 3.8) is 0 Å². The lowest BCUT2D eigenvalue weighted by atomic mass is 9.73. The molecule has 0 spiro atoms. The molecular weight excluding hydrogens is 459 g/mol. The van der Waals surface area contributed by atoms with Gasteiger partial charge in [-0.05, 0) is 35.2 Å². The van der Waals surface area contributed by atoms with E-state index in [0.29, 0.717) is 5.92 Å². The van der Waals surface area contributed by atoms with Crippen molar-refractivity contribution >= 4 is 22.7 Å². The molecule has 0 saturated carbocycles. The number of fused-ring (bicyclic) bond motifs is 2. The topological polar surface area (TPSA) is 23.8 Å². The molecule has 5 heteroatoms. The van der Waals surface area contributed by atoms with Gasteiger partial charge in [-0.3, -0.25) is 0 Å². The maximum absolute atomic E-state index is 10.3. The summed E-state index contributed by atoms with van der Waals surface area (Å²) in [6.07, 6.45) is 6.28. The molecule has 4 heterocycles. The van der Waals surface area contributed by atoms with E-state index < -0.39 is 5.41 Å². The normalized spacial score (nSPS) is 27.5. The standard InChI is InChI=1S/C20H25N2S2.HI/c1-22(2)16-7-8-17(22)12-15(11-16)13-20(14-21,18-5-3-9-23-18)19-6-4-10-24-19;/h3-6,9-10,15-17H,7-8,11-13H2,1-2H3;1H/q+1;/p-1/t15?,16-,17+;. The lowest BCUT2D eigenvalue weighted by molar-refractivity contribution is -0.931. The molecule has 0 amide bonds. The Morgan fingerprint density at radius 1 is 1.08 bits per heavy atom. The van der Waals surface area contributed by atoms with Gasteiger partial charge in [0, 0.05) is 35.4 Å². The van der Waals surface area contributed by atoms with Crippen LogP contribution in [0.5, 0.6) is 0 Å². The largest absolute Gasteiger partial charge is 1.00 e. The van der Waals surface area contributed by atoms with Gasteiger partial charge in [-0.25, -0.2) is 0 Å². The molecule has 25 heavy (non-hydrogen) atoms. The molecule has 134 valence electrons. The maximum Gasteiger partial charge on any atom is 0.126 e. The minimum atomic E-state index is -0.444. The quantitative estimate of drug-likeness (QED) is 0.482. The van der Waals surface area contributed by atoms with Crippen LogP contribution in [0, 0.1) is 17.2 Å². The van der Waals surface area contributed by atoms with Gasteiger partial charge in [0.05, 0.1) is 32.2 Å². The van der Waals surface area contributed by atoms with E-state index in [2.05, 4.69) is 55.2 Å². The number of nitriles is 1. The Hall–Kier alpha value is -0.420. The predicted octanol–water partition coefficient (Wildman–Crippen LogP) is 2.03. The van der Waals surface area contributed by atoms with Gasteiger partial charge in [0.2, 0.25) is 0 Å². The SMILES string of the molecule is C[N+]1(C)[C@@H]2CC[C@H]1CC(CC(C#N)(c1cccs1)c1cccs1)C2.[I-]. The van der Waals surface area contributed by atoms with Crippen LogP contribution in [-0.4, -0.2) is 30.7 Å². The van der Waals surface area contributed by atoms with Gasteiger partial charge in [0.1, 0.15) is 5.41 Å². The number of piperidine rings is 1. The van der Waals surface area contributed by atoms with Gasteiger partial charge in [0.25, 0.3) is 0 Å². The van der Waals surface area contributed by atoms with Crippen LogP contribution in [0.3, 0.4) is 0 Å². The van der Waals surface area contributed by atoms with E-state index >= 15 is 0 Å². The van der Waals surface area contributed by atoms with Crippen molar-refractivity contribution in [3.8, 4) is 6.07 Å². The van der Waals surface area contributed by atoms with Crippen molar-refractivity contribution in [1.29, 1.82) is 5.26 Å². The molecule has 2 aromatic heterocycles. The third kappa shape index (κ3) is 3.20. The summed E-state index contributed by atoms with van der Waals surface area (Å²) in [6, 6.07) is 12.8. The third-order valence-electron chi connectivity index (χ3n) is 6.60. The number of halogens is 1. The van der Waals surface area contributed by atoms with E-state index in [1.807, 2.05) is 0 Å². The molecule has 2 fully saturated rings. The van der Waals surface area contributed by atoms with Gasteiger partial charge >= 0.3 is 0 Å².